The molecule has 4 nitrogen and oxygen atoms in total. The van der Waals surface area contributed by atoms with Crippen LogP contribution in [0.5, 0.6) is 0 Å². The zero-order valence-corrected chi connectivity index (χ0v) is 13.2. The Morgan fingerprint density at radius 2 is 2.13 bits per heavy atom. The van der Waals surface area contributed by atoms with Crippen molar-refractivity contribution in [2.75, 3.05) is 19.7 Å². The SMILES string of the molecule is O[C@H]1C[C@]23CCO[C@H]2CCN2CCc4c(n1c1ccccc41)[C@@H]23. The van der Waals surface area contributed by atoms with Gasteiger partial charge in [0.2, 0.25) is 0 Å². The number of piperidine rings is 1. The van der Waals surface area contributed by atoms with Crippen LogP contribution in [0, 0.1) is 5.41 Å². The summed E-state index contributed by atoms with van der Waals surface area (Å²) < 4.78 is 8.36. The third-order valence-electron chi connectivity index (χ3n) is 6.94. The molecule has 0 radical (unpaired) electrons. The second-order valence-electron chi connectivity index (χ2n) is 7.76. The molecule has 5 heterocycles. The number of aliphatic hydroxyl groups excluding tert-OH is 1. The number of hydrogen-bond acceptors (Lipinski definition) is 3. The van der Waals surface area contributed by atoms with Gasteiger partial charge in [0.25, 0.3) is 0 Å². The van der Waals surface area contributed by atoms with Gasteiger partial charge in [0.1, 0.15) is 6.23 Å². The number of hydrogen-bond donors (Lipinski definition) is 1. The number of fused-ring (bicyclic) bond motifs is 3. The predicted molar refractivity (Wildman–Crippen MR) is 87.2 cm³/mol. The van der Waals surface area contributed by atoms with Crippen LogP contribution in [0.25, 0.3) is 10.9 Å². The fraction of sp³-hybridized carbons (Fsp3) is 0.579. The Hall–Kier alpha value is -1.36. The van der Waals surface area contributed by atoms with Crippen molar-refractivity contribution in [1.82, 2.24) is 9.47 Å². The summed E-state index contributed by atoms with van der Waals surface area (Å²) in [5, 5.41) is 12.4. The first kappa shape index (κ1) is 13.0. The van der Waals surface area contributed by atoms with E-state index in [4.69, 9.17) is 4.74 Å². The van der Waals surface area contributed by atoms with Gasteiger partial charge in [-0.05, 0) is 30.9 Å². The maximum atomic E-state index is 11.1. The second-order valence-corrected chi connectivity index (χ2v) is 7.76. The fourth-order valence-electron chi connectivity index (χ4n) is 6.13. The Morgan fingerprint density at radius 3 is 3.09 bits per heavy atom. The highest BCUT2D eigenvalue weighted by atomic mass is 16.5. The Morgan fingerprint density at radius 1 is 1.22 bits per heavy atom. The van der Waals surface area contributed by atoms with E-state index in [-0.39, 0.29) is 5.41 Å². The highest BCUT2D eigenvalue weighted by molar-refractivity contribution is 5.86. The maximum absolute atomic E-state index is 11.1. The third-order valence-corrected chi connectivity index (χ3v) is 6.94. The van der Waals surface area contributed by atoms with Crippen LogP contribution in [0.15, 0.2) is 24.3 Å². The first-order chi connectivity index (χ1) is 11.3. The van der Waals surface area contributed by atoms with Crippen molar-refractivity contribution in [3.05, 3.63) is 35.5 Å². The van der Waals surface area contributed by atoms with E-state index in [1.807, 2.05) is 0 Å². The van der Waals surface area contributed by atoms with E-state index in [0.717, 1.165) is 45.4 Å². The van der Waals surface area contributed by atoms with Crippen molar-refractivity contribution in [3.63, 3.8) is 0 Å². The fourth-order valence-corrected chi connectivity index (χ4v) is 6.13. The standard InChI is InChI=1S/C19H22N2O2/c22-16-11-19-7-10-23-15(19)6-9-20-8-5-13-12-3-1-2-4-14(12)21(16)17(13)18(19)20/h1-4,15-16,18,22H,5-11H2/t15-,16-,18+,19+/m0/s1. The topological polar surface area (TPSA) is 37.6 Å². The van der Waals surface area contributed by atoms with E-state index >= 15 is 0 Å². The minimum Gasteiger partial charge on any atom is -0.377 e. The van der Waals surface area contributed by atoms with Gasteiger partial charge in [-0.25, -0.2) is 0 Å². The highest BCUT2D eigenvalue weighted by Crippen LogP contribution is 2.61. The van der Waals surface area contributed by atoms with E-state index in [9.17, 15) is 5.11 Å². The minimum absolute atomic E-state index is 0.122. The van der Waals surface area contributed by atoms with Crippen LogP contribution in [0.1, 0.15) is 42.8 Å². The smallest absolute Gasteiger partial charge is 0.131 e. The Balaban J connectivity index is 1.70. The molecule has 6 rings (SSSR count). The Bertz CT molecular complexity index is 813. The zero-order valence-electron chi connectivity index (χ0n) is 13.2. The zero-order chi connectivity index (χ0) is 15.2. The summed E-state index contributed by atoms with van der Waals surface area (Å²) in [4.78, 5) is 2.68. The van der Waals surface area contributed by atoms with Gasteiger partial charge in [-0.1, -0.05) is 18.2 Å². The molecule has 0 aliphatic carbocycles. The molecule has 0 bridgehead atoms. The second kappa shape index (κ2) is 4.18. The summed E-state index contributed by atoms with van der Waals surface area (Å²) in [7, 11) is 0. The van der Waals surface area contributed by atoms with Crippen molar-refractivity contribution in [3.8, 4) is 0 Å². The lowest BCUT2D eigenvalue weighted by molar-refractivity contribution is -0.117. The van der Waals surface area contributed by atoms with Gasteiger partial charge < -0.3 is 14.4 Å². The number of nitrogens with zero attached hydrogens (tertiary/aromatic N) is 2. The van der Waals surface area contributed by atoms with Gasteiger partial charge in [-0.3, -0.25) is 4.90 Å². The molecule has 1 N–H and O–H groups in total. The van der Waals surface area contributed by atoms with Crippen molar-refractivity contribution in [2.24, 2.45) is 5.41 Å². The lowest BCUT2D eigenvalue weighted by Crippen LogP contribution is -2.57. The van der Waals surface area contributed by atoms with Crippen molar-refractivity contribution in [2.45, 2.75) is 44.1 Å². The quantitative estimate of drug-likeness (QED) is 0.813. The number of benzene rings is 1. The summed E-state index contributed by atoms with van der Waals surface area (Å²) in [5.41, 5.74) is 4.21. The average molecular weight is 310 g/mol. The molecular weight excluding hydrogens is 288 g/mol. The number of aromatic nitrogens is 1. The van der Waals surface area contributed by atoms with Gasteiger partial charge in [-0.15, -0.1) is 0 Å². The Kier molecular flexibility index (Phi) is 2.36. The van der Waals surface area contributed by atoms with Crippen molar-refractivity contribution < 1.29 is 9.84 Å². The molecule has 4 heteroatoms. The van der Waals surface area contributed by atoms with E-state index < -0.39 is 6.23 Å². The molecule has 0 amide bonds. The van der Waals surface area contributed by atoms with Crippen LogP contribution in [0.3, 0.4) is 0 Å². The summed E-state index contributed by atoms with van der Waals surface area (Å²) in [5.74, 6) is 0. The molecule has 120 valence electrons. The lowest BCUT2D eigenvalue weighted by Gasteiger charge is -2.56. The van der Waals surface area contributed by atoms with Crippen LogP contribution < -0.4 is 0 Å². The lowest BCUT2D eigenvalue weighted by atomic mass is 9.63. The number of para-hydroxylation sites is 1. The molecule has 23 heavy (non-hydrogen) atoms. The average Bonchev–Trinajstić information content (AvgIpc) is 3.12. The normalized spacial score (nSPS) is 38.6. The van der Waals surface area contributed by atoms with E-state index in [0.29, 0.717) is 12.1 Å². The van der Waals surface area contributed by atoms with Crippen molar-refractivity contribution in [1.29, 1.82) is 0 Å². The van der Waals surface area contributed by atoms with Gasteiger partial charge in [0.15, 0.2) is 0 Å². The first-order valence-corrected chi connectivity index (χ1v) is 8.95. The molecule has 4 aliphatic heterocycles. The Labute approximate surface area is 135 Å². The van der Waals surface area contributed by atoms with Gasteiger partial charge in [-0.2, -0.15) is 0 Å². The molecule has 2 fully saturated rings. The molecular formula is C19H22N2O2. The number of ether oxygens (including phenoxy) is 1. The predicted octanol–water partition coefficient (Wildman–Crippen LogP) is 2.61. The van der Waals surface area contributed by atoms with E-state index in [1.165, 1.54) is 22.2 Å². The molecule has 1 aromatic heterocycles. The molecule has 0 unspecified atom stereocenters. The third kappa shape index (κ3) is 1.40. The maximum Gasteiger partial charge on any atom is 0.131 e. The number of aliphatic hydroxyl groups is 1. The van der Waals surface area contributed by atoms with Crippen LogP contribution in [-0.2, 0) is 11.2 Å². The molecule has 0 saturated carbocycles. The van der Waals surface area contributed by atoms with E-state index in [2.05, 4.69) is 33.7 Å². The largest absolute Gasteiger partial charge is 0.377 e. The minimum atomic E-state index is -0.415. The number of rotatable bonds is 0. The summed E-state index contributed by atoms with van der Waals surface area (Å²) in [6.45, 7) is 3.14. The summed E-state index contributed by atoms with van der Waals surface area (Å²) >= 11 is 0. The van der Waals surface area contributed by atoms with Crippen LogP contribution in [0.4, 0.5) is 0 Å². The first-order valence-electron chi connectivity index (χ1n) is 8.95. The van der Waals surface area contributed by atoms with Crippen molar-refractivity contribution >= 4 is 10.9 Å². The molecule has 1 spiro atoms. The molecule has 2 aromatic rings. The monoisotopic (exact) mass is 310 g/mol. The van der Waals surface area contributed by atoms with Gasteiger partial charge in [0, 0.05) is 42.6 Å². The summed E-state index contributed by atoms with van der Waals surface area (Å²) in [6.07, 6.45) is 4.08. The van der Waals surface area contributed by atoms with Crippen LogP contribution >= 0.6 is 0 Å². The van der Waals surface area contributed by atoms with Gasteiger partial charge in [0.05, 0.1) is 17.7 Å². The van der Waals surface area contributed by atoms with Gasteiger partial charge >= 0.3 is 0 Å². The summed E-state index contributed by atoms with van der Waals surface area (Å²) in [6, 6.07) is 9.06. The molecule has 2 saturated heterocycles. The van der Waals surface area contributed by atoms with E-state index in [1.54, 1.807) is 0 Å². The molecule has 1 aromatic carbocycles. The molecule has 4 aliphatic rings. The molecule has 4 atom stereocenters. The van der Waals surface area contributed by atoms with Crippen LogP contribution in [-0.4, -0.2) is 40.4 Å². The highest BCUT2D eigenvalue weighted by Gasteiger charge is 2.60. The van der Waals surface area contributed by atoms with Crippen LogP contribution in [0.2, 0.25) is 0 Å².